The predicted octanol–water partition coefficient (Wildman–Crippen LogP) is 7.94. The average Bonchev–Trinajstić information content (AvgIpc) is 3.35. The molecule has 7 nitrogen and oxygen atoms in total. The molecule has 190 valence electrons. The van der Waals surface area contributed by atoms with Crippen LogP contribution in [0.3, 0.4) is 0 Å². The van der Waals surface area contributed by atoms with E-state index in [1.54, 1.807) is 38.2 Å². The van der Waals surface area contributed by atoms with Crippen molar-refractivity contribution < 1.29 is 19.4 Å². The van der Waals surface area contributed by atoms with Crippen molar-refractivity contribution in [2.24, 2.45) is 5.41 Å². The molecule has 4 aromatic rings. The molecule has 37 heavy (non-hydrogen) atoms. The highest BCUT2D eigenvalue weighted by Crippen LogP contribution is 2.33. The summed E-state index contributed by atoms with van der Waals surface area (Å²) in [6.07, 6.45) is 2.90. The molecule has 0 bridgehead atoms. The Morgan fingerprint density at radius 2 is 1.76 bits per heavy atom. The molecule has 4 rings (SSSR count). The van der Waals surface area contributed by atoms with Crippen LogP contribution in [0.2, 0.25) is 5.02 Å². The highest BCUT2D eigenvalue weighted by atomic mass is 35.5. The molecule has 0 aliphatic heterocycles. The predicted molar refractivity (Wildman–Crippen MR) is 148 cm³/mol. The number of anilines is 2. The van der Waals surface area contributed by atoms with E-state index in [9.17, 15) is 14.7 Å². The minimum Gasteiger partial charge on any atom is -0.481 e. The minimum absolute atomic E-state index is 0.422. The third-order valence-corrected chi connectivity index (χ3v) is 7.03. The topological polar surface area (TPSA) is 101 Å². The number of aryl methyl sites for hydroxylation is 1. The van der Waals surface area contributed by atoms with E-state index in [1.165, 1.54) is 11.3 Å². The number of urea groups is 1. The van der Waals surface area contributed by atoms with E-state index >= 15 is 0 Å². The Morgan fingerprint density at radius 3 is 2.46 bits per heavy atom. The van der Waals surface area contributed by atoms with Gasteiger partial charge in [-0.2, -0.15) is 0 Å². The summed E-state index contributed by atoms with van der Waals surface area (Å²) in [7, 11) is 0. The number of amides is 2. The third-order valence-electron chi connectivity index (χ3n) is 5.69. The maximum absolute atomic E-state index is 12.7. The van der Waals surface area contributed by atoms with Crippen molar-refractivity contribution in [2.45, 2.75) is 26.7 Å². The minimum atomic E-state index is -0.813. The average molecular weight is 536 g/mol. The van der Waals surface area contributed by atoms with Gasteiger partial charge in [0, 0.05) is 29.4 Å². The van der Waals surface area contributed by atoms with Crippen LogP contribution >= 0.6 is 22.9 Å². The second kappa shape index (κ2) is 11.5. The Balaban J connectivity index is 1.37. The van der Waals surface area contributed by atoms with Crippen LogP contribution in [0, 0.1) is 5.41 Å². The number of thiazole rings is 1. The molecule has 1 aromatic heterocycles. The zero-order chi connectivity index (χ0) is 26.4. The highest BCUT2D eigenvalue weighted by Gasteiger charge is 2.27. The van der Waals surface area contributed by atoms with E-state index in [0.29, 0.717) is 40.7 Å². The number of carbonyl (C=O) groups is 2. The van der Waals surface area contributed by atoms with Crippen molar-refractivity contribution in [3.63, 3.8) is 0 Å². The van der Waals surface area contributed by atoms with E-state index < -0.39 is 17.4 Å². The first-order chi connectivity index (χ1) is 17.7. The Bertz CT molecular complexity index is 1390. The molecule has 2 amide bonds. The SMILES string of the molecule is CC(C)(CCc1ncc(-c2ccc(NC(=O)Nc3ccc(Cl)cc3Oc3ccccc3)cc2)s1)C(=O)O. The Labute approximate surface area is 224 Å². The number of rotatable bonds is 9. The van der Waals surface area contributed by atoms with Crippen LogP contribution in [-0.4, -0.2) is 22.1 Å². The van der Waals surface area contributed by atoms with E-state index in [2.05, 4.69) is 15.6 Å². The van der Waals surface area contributed by atoms with Crippen molar-refractivity contribution in [2.75, 3.05) is 10.6 Å². The molecule has 3 N–H and O–H groups in total. The number of aliphatic carboxylic acids is 1. The molecular formula is C28H26ClN3O4S. The summed E-state index contributed by atoms with van der Waals surface area (Å²) in [5.74, 6) is 0.241. The van der Waals surface area contributed by atoms with E-state index in [1.807, 2.05) is 54.6 Å². The Kier molecular flexibility index (Phi) is 8.11. The first kappa shape index (κ1) is 26.2. The summed E-state index contributed by atoms with van der Waals surface area (Å²) in [6, 6.07) is 21.2. The summed E-state index contributed by atoms with van der Waals surface area (Å²) in [6.45, 7) is 3.44. The third kappa shape index (κ3) is 7.09. The van der Waals surface area contributed by atoms with Gasteiger partial charge in [0.05, 0.1) is 21.0 Å². The van der Waals surface area contributed by atoms with Crippen LogP contribution in [-0.2, 0) is 11.2 Å². The molecule has 3 aromatic carbocycles. The number of para-hydroxylation sites is 1. The lowest BCUT2D eigenvalue weighted by atomic mass is 9.88. The monoisotopic (exact) mass is 535 g/mol. The van der Waals surface area contributed by atoms with Crippen LogP contribution in [0.4, 0.5) is 16.2 Å². The lowest BCUT2D eigenvalue weighted by molar-refractivity contribution is -0.147. The van der Waals surface area contributed by atoms with Gasteiger partial charge in [0.2, 0.25) is 0 Å². The molecule has 0 unspecified atom stereocenters. The van der Waals surface area contributed by atoms with Crippen molar-refractivity contribution in [3.05, 3.63) is 89.0 Å². The summed E-state index contributed by atoms with van der Waals surface area (Å²) >= 11 is 7.67. The zero-order valence-corrected chi connectivity index (χ0v) is 21.9. The number of nitrogens with one attached hydrogen (secondary N) is 2. The molecule has 0 atom stereocenters. The van der Waals surface area contributed by atoms with Crippen LogP contribution in [0.15, 0.2) is 79.0 Å². The molecule has 0 aliphatic carbocycles. The van der Waals surface area contributed by atoms with Gasteiger partial charge in [-0.05, 0) is 62.2 Å². The number of ether oxygens (including phenoxy) is 1. The second-order valence-electron chi connectivity index (χ2n) is 9.02. The number of nitrogens with zero attached hydrogens (tertiary/aromatic N) is 1. The van der Waals surface area contributed by atoms with Gasteiger partial charge in [-0.15, -0.1) is 11.3 Å². The van der Waals surface area contributed by atoms with Crippen LogP contribution in [0.1, 0.15) is 25.3 Å². The number of benzene rings is 3. The quantitative estimate of drug-likeness (QED) is 0.202. The number of hydrogen-bond acceptors (Lipinski definition) is 5. The fraction of sp³-hybridized carbons (Fsp3) is 0.179. The smallest absolute Gasteiger partial charge is 0.323 e. The number of carboxylic acids is 1. The summed E-state index contributed by atoms with van der Waals surface area (Å²) in [4.78, 5) is 29.4. The standard InChI is InChI=1S/C28H26ClN3O4S/c1-28(2,26(33)34)15-14-25-30-17-24(37-25)18-8-11-20(12-9-18)31-27(35)32-22-13-10-19(29)16-23(22)36-21-6-4-3-5-7-21/h3-13,16-17H,14-15H2,1-2H3,(H,33,34)(H2,31,32,35). The van der Waals surface area contributed by atoms with E-state index in [-0.39, 0.29) is 0 Å². The fourth-order valence-corrected chi connectivity index (χ4v) is 4.47. The highest BCUT2D eigenvalue weighted by molar-refractivity contribution is 7.15. The number of halogens is 1. The van der Waals surface area contributed by atoms with Gasteiger partial charge in [-0.25, -0.2) is 9.78 Å². The maximum Gasteiger partial charge on any atom is 0.323 e. The molecule has 9 heteroatoms. The van der Waals surface area contributed by atoms with E-state index in [4.69, 9.17) is 16.3 Å². The number of carboxylic acid groups (broad SMARTS) is 1. The van der Waals surface area contributed by atoms with Crippen molar-refractivity contribution >= 4 is 46.3 Å². The number of aromatic nitrogens is 1. The van der Waals surface area contributed by atoms with Crippen molar-refractivity contribution in [3.8, 4) is 21.9 Å². The molecule has 0 spiro atoms. The summed E-state index contributed by atoms with van der Waals surface area (Å²) in [5.41, 5.74) is 1.27. The molecule has 0 radical (unpaired) electrons. The number of carbonyl (C=O) groups excluding carboxylic acids is 1. The van der Waals surface area contributed by atoms with Crippen LogP contribution in [0.25, 0.3) is 10.4 Å². The normalized spacial score (nSPS) is 11.1. The fourth-order valence-electron chi connectivity index (χ4n) is 3.39. The molecule has 0 fully saturated rings. The van der Waals surface area contributed by atoms with Gasteiger partial charge in [0.1, 0.15) is 5.75 Å². The zero-order valence-electron chi connectivity index (χ0n) is 20.3. The van der Waals surface area contributed by atoms with Crippen LogP contribution in [0.5, 0.6) is 11.5 Å². The number of hydrogen-bond donors (Lipinski definition) is 3. The molecule has 0 aliphatic rings. The van der Waals surface area contributed by atoms with Gasteiger partial charge in [0.15, 0.2) is 5.75 Å². The molecule has 1 heterocycles. The summed E-state index contributed by atoms with van der Waals surface area (Å²) < 4.78 is 5.89. The summed E-state index contributed by atoms with van der Waals surface area (Å²) in [5, 5.41) is 16.3. The Morgan fingerprint density at radius 1 is 1.03 bits per heavy atom. The molecule has 0 saturated carbocycles. The van der Waals surface area contributed by atoms with Gasteiger partial charge in [-0.3, -0.25) is 4.79 Å². The lowest BCUT2D eigenvalue weighted by Gasteiger charge is -2.17. The van der Waals surface area contributed by atoms with Crippen molar-refractivity contribution in [1.82, 2.24) is 4.98 Å². The first-order valence-corrected chi connectivity index (χ1v) is 12.8. The van der Waals surface area contributed by atoms with Gasteiger partial charge < -0.3 is 20.5 Å². The Hall–Kier alpha value is -3.88. The maximum atomic E-state index is 12.7. The van der Waals surface area contributed by atoms with Gasteiger partial charge in [-0.1, -0.05) is 41.9 Å². The molecule has 0 saturated heterocycles. The van der Waals surface area contributed by atoms with Gasteiger partial charge >= 0.3 is 12.0 Å². The molecular weight excluding hydrogens is 510 g/mol. The van der Waals surface area contributed by atoms with Gasteiger partial charge in [0.25, 0.3) is 0 Å². The largest absolute Gasteiger partial charge is 0.481 e. The van der Waals surface area contributed by atoms with E-state index in [0.717, 1.165) is 15.4 Å². The second-order valence-corrected chi connectivity index (χ2v) is 10.6. The van der Waals surface area contributed by atoms with Crippen LogP contribution < -0.4 is 15.4 Å². The first-order valence-electron chi connectivity index (χ1n) is 11.6. The van der Waals surface area contributed by atoms with Crippen molar-refractivity contribution in [1.29, 1.82) is 0 Å². The lowest BCUT2D eigenvalue weighted by Crippen LogP contribution is -2.24.